The molecule has 0 radical (unpaired) electrons. The molecule has 34 heavy (non-hydrogen) atoms. The number of aryl methyl sites for hydroxylation is 1. The van der Waals surface area contributed by atoms with Crippen LogP contribution in [0.2, 0.25) is 0 Å². The quantitative estimate of drug-likeness (QED) is 0.320. The molecule has 0 heterocycles. The van der Waals surface area contributed by atoms with Crippen molar-refractivity contribution in [2.75, 3.05) is 19.5 Å². The molecular formula is C28H44NO4P. The van der Waals surface area contributed by atoms with Crippen LogP contribution in [0.4, 0.5) is 0 Å². The summed E-state index contributed by atoms with van der Waals surface area (Å²) in [6.07, 6.45) is 1.80. The number of hydrogen-bond donors (Lipinski definition) is 2. The molecule has 0 aliphatic heterocycles. The summed E-state index contributed by atoms with van der Waals surface area (Å²) in [7, 11) is -3.25. The van der Waals surface area contributed by atoms with E-state index in [1.807, 2.05) is 32.0 Å². The lowest BCUT2D eigenvalue weighted by Crippen LogP contribution is -2.26. The molecule has 190 valence electrons. The van der Waals surface area contributed by atoms with E-state index in [2.05, 4.69) is 71.1 Å². The van der Waals surface area contributed by atoms with Crippen molar-refractivity contribution in [2.24, 2.45) is 0 Å². The largest absolute Gasteiger partial charge is 0.507 e. The van der Waals surface area contributed by atoms with Crippen LogP contribution in [0.5, 0.6) is 5.75 Å². The molecule has 1 atom stereocenters. The lowest BCUT2D eigenvalue weighted by Gasteiger charge is -2.30. The highest BCUT2D eigenvalue weighted by Crippen LogP contribution is 2.48. The molecule has 0 aromatic heterocycles. The highest BCUT2D eigenvalue weighted by molar-refractivity contribution is 7.53. The van der Waals surface area contributed by atoms with E-state index in [-0.39, 0.29) is 23.2 Å². The summed E-state index contributed by atoms with van der Waals surface area (Å²) in [4.78, 5) is 0. The van der Waals surface area contributed by atoms with E-state index >= 15 is 0 Å². The fourth-order valence-electron chi connectivity index (χ4n) is 4.09. The molecule has 0 bridgehead atoms. The summed E-state index contributed by atoms with van der Waals surface area (Å²) < 4.78 is 24.2. The summed E-state index contributed by atoms with van der Waals surface area (Å²) in [6, 6.07) is 14.5. The molecule has 5 nitrogen and oxygen atoms in total. The van der Waals surface area contributed by atoms with Gasteiger partial charge in [0.05, 0.1) is 19.5 Å². The third-order valence-electron chi connectivity index (χ3n) is 5.90. The molecule has 0 saturated carbocycles. The lowest BCUT2D eigenvalue weighted by atomic mass is 9.77. The maximum absolute atomic E-state index is 13.2. The number of nitrogens with one attached hydrogen (secondary N) is 1. The van der Waals surface area contributed by atoms with Crippen LogP contribution in [-0.2, 0) is 30.9 Å². The van der Waals surface area contributed by atoms with Gasteiger partial charge in [-0.1, -0.05) is 71.9 Å². The molecule has 0 saturated heterocycles. The first-order chi connectivity index (χ1) is 15.8. The average Bonchev–Trinajstić information content (AvgIpc) is 2.73. The van der Waals surface area contributed by atoms with Gasteiger partial charge < -0.3 is 14.2 Å². The van der Waals surface area contributed by atoms with Crippen molar-refractivity contribution in [3.05, 3.63) is 64.7 Å². The Hall–Kier alpha value is -1.65. The van der Waals surface area contributed by atoms with E-state index in [9.17, 15) is 9.67 Å². The summed E-state index contributed by atoms with van der Waals surface area (Å²) in [6.45, 7) is 17.0. The van der Waals surface area contributed by atoms with Gasteiger partial charge in [0.25, 0.3) is 0 Å². The third kappa shape index (κ3) is 7.95. The summed E-state index contributed by atoms with van der Waals surface area (Å²) >= 11 is 0. The summed E-state index contributed by atoms with van der Waals surface area (Å²) in [5, 5.41) is 14.7. The second-order valence-electron chi connectivity index (χ2n) is 10.9. The first-order valence-electron chi connectivity index (χ1n) is 12.3. The molecule has 2 N–H and O–H groups in total. The maximum Gasteiger partial charge on any atom is 0.344 e. The minimum Gasteiger partial charge on any atom is -0.507 e. The first-order valence-corrected chi connectivity index (χ1v) is 14.1. The van der Waals surface area contributed by atoms with Crippen LogP contribution in [0.3, 0.4) is 0 Å². The monoisotopic (exact) mass is 489 g/mol. The van der Waals surface area contributed by atoms with Gasteiger partial charge in [-0.15, -0.1) is 0 Å². The van der Waals surface area contributed by atoms with Crippen molar-refractivity contribution in [3.63, 3.8) is 0 Å². The highest BCUT2D eigenvalue weighted by atomic mass is 31.2. The molecular weight excluding hydrogens is 445 g/mol. The standard InChI is InChI=1S/C28H44NO4P/c1-9-32-34(31,33-10-2)20-29-25(17-16-21-14-12-11-13-15-21)22-18-23(27(3,4)5)26(30)24(19-22)28(6,7)8/h11-15,18-19,25,29-30H,9-10,16-17,20H2,1-8H3. The van der Waals surface area contributed by atoms with Crippen LogP contribution in [0.1, 0.15) is 90.1 Å². The van der Waals surface area contributed by atoms with Crippen LogP contribution in [0.25, 0.3) is 0 Å². The van der Waals surface area contributed by atoms with Gasteiger partial charge in [0.2, 0.25) is 0 Å². The van der Waals surface area contributed by atoms with Crippen LogP contribution in [0, 0.1) is 0 Å². The molecule has 0 aliphatic rings. The van der Waals surface area contributed by atoms with Crippen LogP contribution in [0.15, 0.2) is 42.5 Å². The van der Waals surface area contributed by atoms with Crippen molar-refractivity contribution in [1.82, 2.24) is 5.32 Å². The molecule has 0 amide bonds. The second kappa shape index (κ2) is 11.9. The normalized spacial score (nSPS) is 13.8. The van der Waals surface area contributed by atoms with E-state index in [0.29, 0.717) is 19.0 Å². The lowest BCUT2D eigenvalue weighted by molar-refractivity contribution is 0.216. The van der Waals surface area contributed by atoms with Crippen LogP contribution >= 0.6 is 7.60 Å². The van der Waals surface area contributed by atoms with Crippen molar-refractivity contribution in [1.29, 1.82) is 0 Å². The Morgan fingerprint density at radius 2 is 1.41 bits per heavy atom. The predicted octanol–water partition coefficient (Wildman–Crippen LogP) is 7.47. The number of benzene rings is 2. The zero-order valence-corrected chi connectivity index (χ0v) is 23.2. The average molecular weight is 490 g/mol. The zero-order valence-electron chi connectivity index (χ0n) is 22.3. The number of hydrogen-bond acceptors (Lipinski definition) is 5. The minimum atomic E-state index is -3.25. The number of phenols is 1. The van der Waals surface area contributed by atoms with E-state index in [1.165, 1.54) is 5.56 Å². The van der Waals surface area contributed by atoms with Crippen molar-refractivity contribution in [2.45, 2.75) is 85.1 Å². The van der Waals surface area contributed by atoms with Gasteiger partial charge >= 0.3 is 7.60 Å². The molecule has 6 heteroatoms. The predicted molar refractivity (Wildman–Crippen MR) is 142 cm³/mol. The topological polar surface area (TPSA) is 67.8 Å². The van der Waals surface area contributed by atoms with Gasteiger partial charge in [-0.2, -0.15) is 0 Å². The van der Waals surface area contributed by atoms with E-state index in [1.54, 1.807) is 0 Å². The second-order valence-corrected chi connectivity index (χ2v) is 12.9. The van der Waals surface area contributed by atoms with E-state index in [4.69, 9.17) is 9.05 Å². The Kier molecular flexibility index (Phi) is 9.97. The Balaban J connectivity index is 2.50. The third-order valence-corrected chi connectivity index (χ3v) is 7.77. The Morgan fingerprint density at radius 1 is 0.912 bits per heavy atom. The number of rotatable bonds is 11. The van der Waals surface area contributed by atoms with E-state index in [0.717, 1.165) is 29.5 Å². The van der Waals surface area contributed by atoms with Gasteiger partial charge in [-0.3, -0.25) is 9.88 Å². The van der Waals surface area contributed by atoms with Crippen molar-refractivity contribution >= 4 is 7.60 Å². The molecule has 2 rings (SSSR count). The first kappa shape index (κ1) is 28.6. The molecule has 0 fully saturated rings. The zero-order chi connectivity index (χ0) is 25.6. The molecule has 1 unspecified atom stereocenters. The molecule has 0 spiro atoms. The SMILES string of the molecule is CCOP(=O)(CNC(CCc1ccccc1)c1cc(C(C)(C)C)c(O)c(C(C)(C)C)c1)OCC. The van der Waals surface area contributed by atoms with Crippen molar-refractivity contribution in [3.8, 4) is 5.75 Å². The highest BCUT2D eigenvalue weighted by Gasteiger charge is 2.30. The Morgan fingerprint density at radius 3 is 1.85 bits per heavy atom. The Bertz CT molecular complexity index is 916. The van der Waals surface area contributed by atoms with Gasteiger partial charge in [-0.05, 0) is 71.9 Å². The van der Waals surface area contributed by atoms with Crippen LogP contribution in [-0.4, -0.2) is 24.6 Å². The number of phenolic OH excluding ortho intramolecular Hbond substituents is 1. The summed E-state index contributed by atoms with van der Waals surface area (Å²) in [5.41, 5.74) is 3.70. The van der Waals surface area contributed by atoms with Gasteiger partial charge in [0, 0.05) is 6.04 Å². The smallest absolute Gasteiger partial charge is 0.344 e. The fourth-order valence-corrected chi connectivity index (χ4v) is 5.58. The van der Waals surface area contributed by atoms with Gasteiger partial charge in [0.15, 0.2) is 0 Å². The minimum absolute atomic E-state index is 0.0859. The van der Waals surface area contributed by atoms with Crippen LogP contribution < -0.4 is 5.32 Å². The summed E-state index contributed by atoms with van der Waals surface area (Å²) in [5.74, 6) is 0.361. The molecule has 2 aromatic carbocycles. The maximum atomic E-state index is 13.2. The fraction of sp³-hybridized carbons (Fsp3) is 0.571. The van der Waals surface area contributed by atoms with Gasteiger partial charge in [-0.25, -0.2) is 0 Å². The van der Waals surface area contributed by atoms with Crippen molar-refractivity contribution < 1.29 is 18.7 Å². The van der Waals surface area contributed by atoms with E-state index < -0.39 is 7.60 Å². The Labute approximate surface area is 206 Å². The molecule has 2 aromatic rings. The van der Waals surface area contributed by atoms with Gasteiger partial charge in [0.1, 0.15) is 5.75 Å². The number of aromatic hydroxyl groups is 1. The molecule has 0 aliphatic carbocycles.